The molecule has 2 aliphatic heterocycles. The summed E-state index contributed by atoms with van der Waals surface area (Å²) in [5.41, 5.74) is 0.641. The van der Waals surface area contributed by atoms with Gasteiger partial charge in [0, 0.05) is 6.54 Å². The summed E-state index contributed by atoms with van der Waals surface area (Å²) in [6.07, 6.45) is 1.44. The summed E-state index contributed by atoms with van der Waals surface area (Å²) in [5.74, 6) is 0.405. The summed E-state index contributed by atoms with van der Waals surface area (Å²) >= 11 is 3.79. The van der Waals surface area contributed by atoms with Gasteiger partial charge in [-0.05, 0) is 43.3 Å². The predicted molar refractivity (Wildman–Crippen MR) is 143 cm³/mol. The van der Waals surface area contributed by atoms with Gasteiger partial charge in [-0.1, -0.05) is 43.7 Å². The van der Waals surface area contributed by atoms with Crippen molar-refractivity contribution in [2.45, 2.75) is 67.8 Å². The van der Waals surface area contributed by atoms with Crippen LogP contribution in [0.1, 0.15) is 51.1 Å². The number of rotatable bonds is 11. The molecule has 9 nitrogen and oxygen atoms in total. The second kappa shape index (κ2) is 13.5. The zero-order valence-corrected chi connectivity index (χ0v) is 22.4. The Labute approximate surface area is 220 Å². The lowest BCUT2D eigenvalue weighted by Gasteiger charge is -2.31. The first-order valence-corrected chi connectivity index (χ1v) is 14.3. The van der Waals surface area contributed by atoms with E-state index in [2.05, 4.69) is 21.3 Å². The highest BCUT2D eigenvalue weighted by Gasteiger charge is 2.44. The molecule has 4 atom stereocenters. The van der Waals surface area contributed by atoms with Crippen molar-refractivity contribution in [3.8, 4) is 0 Å². The van der Waals surface area contributed by atoms with Crippen LogP contribution >= 0.6 is 23.5 Å². The molecule has 1 spiro atoms. The van der Waals surface area contributed by atoms with Gasteiger partial charge >= 0.3 is 0 Å². The number of carbonyl (C=O) groups is 4. The molecule has 3 rings (SSSR count). The summed E-state index contributed by atoms with van der Waals surface area (Å²) in [5, 5.41) is 21.8. The van der Waals surface area contributed by atoms with E-state index in [1.165, 1.54) is 13.3 Å². The lowest BCUT2D eigenvalue weighted by molar-refractivity contribution is -0.134. The first kappa shape index (κ1) is 28.5. The quantitative estimate of drug-likeness (QED) is 0.284. The van der Waals surface area contributed by atoms with Crippen LogP contribution in [0.4, 0.5) is 0 Å². The maximum absolute atomic E-state index is 12.9. The number of nitrogens with one attached hydrogen (secondary N) is 4. The van der Waals surface area contributed by atoms with Crippen molar-refractivity contribution in [2.24, 2.45) is 0 Å². The fourth-order valence-corrected chi connectivity index (χ4v) is 7.67. The lowest BCUT2D eigenvalue weighted by Crippen LogP contribution is -2.54. The van der Waals surface area contributed by atoms with Crippen molar-refractivity contribution in [3.63, 3.8) is 0 Å². The topological polar surface area (TPSA) is 137 Å². The zero-order valence-electron chi connectivity index (χ0n) is 20.7. The molecule has 2 unspecified atom stereocenters. The number of amides is 3. The molecule has 0 bridgehead atoms. The fraction of sp³-hybridized carbons (Fsp3) is 0.600. The van der Waals surface area contributed by atoms with E-state index < -0.39 is 36.5 Å². The third kappa shape index (κ3) is 7.71. The molecule has 2 saturated heterocycles. The maximum Gasteiger partial charge on any atom is 0.251 e. The Morgan fingerprint density at radius 3 is 2.47 bits per heavy atom. The van der Waals surface area contributed by atoms with Crippen LogP contribution in [0, 0.1) is 0 Å². The SMILES string of the molecule is CCCC(NC(=O)[C@@H]1CC2(CN1)SCCCS2)C(O)C(=O)NCC(=O)N[C@H](C(C)=O)c1ccccc1. The van der Waals surface area contributed by atoms with Crippen molar-refractivity contribution in [2.75, 3.05) is 24.6 Å². The summed E-state index contributed by atoms with van der Waals surface area (Å²) < 4.78 is 0.0152. The number of hydrogen-bond acceptors (Lipinski definition) is 8. The Bertz CT molecular complexity index is 926. The zero-order chi connectivity index (χ0) is 26.1. The van der Waals surface area contributed by atoms with Gasteiger partial charge in [-0.15, -0.1) is 23.5 Å². The summed E-state index contributed by atoms with van der Waals surface area (Å²) in [4.78, 5) is 50.0. The summed E-state index contributed by atoms with van der Waals surface area (Å²) in [6.45, 7) is 3.63. The Kier molecular flexibility index (Phi) is 10.7. The predicted octanol–water partition coefficient (Wildman–Crippen LogP) is 1.12. The Hall–Kier alpha value is -2.08. The van der Waals surface area contributed by atoms with Crippen LogP contribution in [-0.2, 0) is 19.2 Å². The molecule has 1 aromatic carbocycles. The van der Waals surface area contributed by atoms with Gasteiger partial charge in [0.1, 0.15) is 6.04 Å². The highest BCUT2D eigenvalue weighted by molar-refractivity contribution is 8.18. The number of aliphatic hydroxyl groups excluding tert-OH is 1. The molecule has 11 heteroatoms. The van der Waals surface area contributed by atoms with Gasteiger partial charge in [0.05, 0.1) is 22.7 Å². The number of aliphatic hydroxyl groups is 1. The highest BCUT2D eigenvalue weighted by atomic mass is 32.2. The number of Topliss-reactive ketones (excluding diaryl/α,β-unsaturated/α-hetero) is 1. The van der Waals surface area contributed by atoms with Crippen LogP contribution in [0.15, 0.2) is 30.3 Å². The van der Waals surface area contributed by atoms with Crippen LogP contribution in [0.5, 0.6) is 0 Å². The third-order valence-corrected chi connectivity index (χ3v) is 9.68. The number of thioether (sulfide) groups is 2. The minimum atomic E-state index is -1.51. The molecule has 1 aromatic rings. The van der Waals surface area contributed by atoms with E-state index >= 15 is 0 Å². The summed E-state index contributed by atoms with van der Waals surface area (Å²) in [6, 6.07) is 6.85. The van der Waals surface area contributed by atoms with Crippen molar-refractivity contribution in [3.05, 3.63) is 35.9 Å². The second-order valence-electron chi connectivity index (χ2n) is 9.19. The van der Waals surface area contributed by atoms with Gasteiger partial charge in [0.15, 0.2) is 11.9 Å². The molecule has 0 aromatic heterocycles. The first-order valence-electron chi connectivity index (χ1n) is 12.4. The summed E-state index contributed by atoms with van der Waals surface area (Å²) in [7, 11) is 0. The highest BCUT2D eigenvalue weighted by Crippen LogP contribution is 2.47. The Morgan fingerprint density at radius 2 is 1.83 bits per heavy atom. The van der Waals surface area contributed by atoms with Crippen LogP contribution in [0.3, 0.4) is 0 Å². The van der Waals surface area contributed by atoms with Crippen molar-refractivity contribution >= 4 is 47.0 Å². The van der Waals surface area contributed by atoms with Gasteiger partial charge in [0.2, 0.25) is 11.8 Å². The number of benzene rings is 1. The first-order chi connectivity index (χ1) is 17.2. The largest absolute Gasteiger partial charge is 0.381 e. The van der Waals surface area contributed by atoms with Crippen molar-refractivity contribution < 1.29 is 24.3 Å². The molecule has 2 fully saturated rings. The smallest absolute Gasteiger partial charge is 0.251 e. The normalized spacial score (nSPS) is 21.2. The maximum atomic E-state index is 12.9. The van der Waals surface area contributed by atoms with Crippen LogP contribution in [-0.4, -0.2) is 75.5 Å². The molecule has 2 aliphatic rings. The van der Waals surface area contributed by atoms with E-state index in [0.717, 1.165) is 18.1 Å². The Morgan fingerprint density at radius 1 is 1.14 bits per heavy atom. The second-order valence-corrected chi connectivity index (χ2v) is 12.4. The molecular formula is C25H36N4O5S2. The molecular weight excluding hydrogens is 500 g/mol. The number of carbonyl (C=O) groups excluding carboxylic acids is 4. The van der Waals surface area contributed by atoms with E-state index in [0.29, 0.717) is 24.8 Å². The van der Waals surface area contributed by atoms with Crippen molar-refractivity contribution in [1.82, 2.24) is 21.3 Å². The molecule has 198 valence electrons. The molecule has 5 N–H and O–H groups in total. The molecule has 2 heterocycles. The van der Waals surface area contributed by atoms with Gasteiger partial charge < -0.3 is 26.4 Å². The average molecular weight is 537 g/mol. The minimum Gasteiger partial charge on any atom is -0.381 e. The molecule has 36 heavy (non-hydrogen) atoms. The van der Waals surface area contributed by atoms with E-state index in [4.69, 9.17) is 0 Å². The van der Waals surface area contributed by atoms with Gasteiger partial charge in [-0.3, -0.25) is 19.2 Å². The standard InChI is InChI=1S/C25H36N4O5S2/c1-3-8-18(28-23(33)19-13-25(15-27-19)35-11-7-12-36-25)22(32)24(34)26-14-20(31)29-21(16(2)30)17-9-5-4-6-10-17/h4-6,9-10,18-19,21-22,27,32H,3,7-8,11-15H2,1-2H3,(H,26,34)(H,28,33)(H,29,31)/t18?,19-,21+,22?/m0/s1. The van der Waals surface area contributed by atoms with E-state index in [1.54, 1.807) is 24.3 Å². The number of hydrogen-bond donors (Lipinski definition) is 5. The third-order valence-electron chi connectivity index (χ3n) is 6.31. The van der Waals surface area contributed by atoms with E-state index in [9.17, 15) is 24.3 Å². The van der Waals surface area contributed by atoms with Gasteiger partial charge in [0.25, 0.3) is 5.91 Å². The van der Waals surface area contributed by atoms with Crippen molar-refractivity contribution in [1.29, 1.82) is 0 Å². The molecule has 0 saturated carbocycles. The molecule has 0 radical (unpaired) electrons. The van der Waals surface area contributed by atoms with Gasteiger partial charge in [-0.25, -0.2) is 0 Å². The van der Waals surface area contributed by atoms with E-state index in [1.807, 2.05) is 36.5 Å². The average Bonchev–Trinajstić information content (AvgIpc) is 3.29. The Balaban J connectivity index is 1.51. The van der Waals surface area contributed by atoms with Gasteiger partial charge in [-0.2, -0.15) is 0 Å². The van der Waals surface area contributed by atoms with Crippen LogP contribution in [0.25, 0.3) is 0 Å². The number of ketones is 1. The monoisotopic (exact) mass is 536 g/mol. The minimum absolute atomic E-state index is 0.0152. The lowest BCUT2D eigenvalue weighted by atomic mass is 10.0. The fourth-order valence-electron chi connectivity index (χ4n) is 4.39. The molecule has 3 amide bonds. The molecule has 0 aliphatic carbocycles. The van der Waals surface area contributed by atoms with E-state index in [-0.39, 0.29) is 21.8 Å². The van der Waals surface area contributed by atoms with Crippen LogP contribution in [0.2, 0.25) is 0 Å². The van der Waals surface area contributed by atoms with Crippen LogP contribution < -0.4 is 21.3 Å².